The Morgan fingerprint density at radius 2 is 1.89 bits per heavy atom. The fourth-order valence-corrected chi connectivity index (χ4v) is 3.54. The molecule has 1 aliphatic rings. The fourth-order valence-electron chi connectivity index (χ4n) is 3.54. The van der Waals surface area contributed by atoms with Crippen molar-refractivity contribution < 1.29 is 14.5 Å². The second-order valence-corrected chi connectivity index (χ2v) is 7.41. The Morgan fingerprint density at radius 3 is 2.57 bits per heavy atom. The first-order valence-corrected chi connectivity index (χ1v) is 10.3. The smallest absolute Gasteiger partial charge is 0.269 e. The average molecular weight is 389 g/mol. The topological polar surface area (TPSA) is 92.6 Å². The Bertz CT molecular complexity index is 660. The lowest BCUT2D eigenvalue weighted by molar-refractivity contribution is -0.384. The number of nitro benzene ring substituents is 1. The summed E-state index contributed by atoms with van der Waals surface area (Å²) >= 11 is 0. The maximum absolute atomic E-state index is 13.0. The molecule has 28 heavy (non-hydrogen) atoms. The highest BCUT2D eigenvalue weighted by Crippen LogP contribution is 2.20. The highest BCUT2D eigenvalue weighted by Gasteiger charge is 2.30. The molecule has 0 bridgehead atoms. The van der Waals surface area contributed by atoms with Gasteiger partial charge in [0.2, 0.25) is 11.8 Å². The van der Waals surface area contributed by atoms with Crippen molar-refractivity contribution in [1.82, 2.24) is 10.2 Å². The molecule has 1 unspecified atom stereocenters. The van der Waals surface area contributed by atoms with Crippen molar-refractivity contribution in [2.45, 2.75) is 77.3 Å². The molecule has 1 N–H and O–H groups in total. The number of rotatable bonds is 10. The number of carbonyl (C=O) groups is 2. The number of benzene rings is 1. The van der Waals surface area contributed by atoms with E-state index in [9.17, 15) is 19.7 Å². The standard InChI is InChI=1S/C21H31N3O4/c1-2-3-4-5-6-10-20(25)23(19-9-7-8-15-22-21(19)26)16-17-11-13-18(14-12-17)24(27)28/h11-14,19H,2-10,15-16H2,1H3,(H,22,26). The molecule has 1 aromatic rings. The maximum Gasteiger partial charge on any atom is 0.269 e. The molecule has 154 valence electrons. The Hall–Kier alpha value is -2.44. The van der Waals surface area contributed by atoms with Crippen LogP contribution in [0, 0.1) is 10.1 Å². The molecule has 1 heterocycles. The Labute approximate surface area is 166 Å². The zero-order valence-corrected chi connectivity index (χ0v) is 16.7. The molecule has 7 heteroatoms. The van der Waals surface area contributed by atoms with Gasteiger partial charge in [-0.05, 0) is 31.2 Å². The lowest BCUT2D eigenvalue weighted by atomic mass is 10.0. The molecule has 0 aliphatic carbocycles. The van der Waals surface area contributed by atoms with Gasteiger partial charge in [-0.15, -0.1) is 0 Å². The van der Waals surface area contributed by atoms with Crippen molar-refractivity contribution in [3.05, 3.63) is 39.9 Å². The molecule has 0 aromatic heterocycles. The van der Waals surface area contributed by atoms with Crippen LogP contribution in [0.3, 0.4) is 0 Å². The van der Waals surface area contributed by atoms with Crippen LogP contribution in [0.5, 0.6) is 0 Å². The Balaban J connectivity index is 2.09. The van der Waals surface area contributed by atoms with Crippen molar-refractivity contribution in [2.75, 3.05) is 6.54 Å². The molecule has 1 saturated heterocycles. The summed E-state index contributed by atoms with van der Waals surface area (Å²) in [6.45, 7) is 3.09. The van der Waals surface area contributed by atoms with Gasteiger partial charge in [0.25, 0.3) is 5.69 Å². The van der Waals surface area contributed by atoms with Crippen molar-refractivity contribution in [1.29, 1.82) is 0 Å². The van der Waals surface area contributed by atoms with Crippen molar-refractivity contribution in [2.24, 2.45) is 0 Å². The summed E-state index contributed by atoms with van der Waals surface area (Å²) in [5.41, 5.74) is 0.812. The van der Waals surface area contributed by atoms with Crippen LogP contribution in [0.4, 0.5) is 5.69 Å². The molecule has 2 rings (SSSR count). The maximum atomic E-state index is 13.0. The van der Waals surface area contributed by atoms with E-state index in [1.54, 1.807) is 17.0 Å². The number of nitro groups is 1. The summed E-state index contributed by atoms with van der Waals surface area (Å²) in [5.74, 6) is -0.115. The zero-order chi connectivity index (χ0) is 20.4. The second kappa shape index (κ2) is 11.4. The van der Waals surface area contributed by atoms with Crippen molar-refractivity contribution >= 4 is 17.5 Å². The number of amides is 2. The van der Waals surface area contributed by atoms with Crippen LogP contribution in [0.15, 0.2) is 24.3 Å². The summed E-state index contributed by atoms with van der Waals surface area (Å²) in [4.78, 5) is 37.5. The van der Waals surface area contributed by atoms with E-state index in [1.165, 1.54) is 18.6 Å². The quantitative estimate of drug-likeness (QED) is 0.372. The zero-order valence-electron chi connectivity index (χ0n) is 16.7. The average Bonchev–Trinajstić information content (AvgIpc) is 2.90. The van der Waals surface area contributed by atoms with E-state index < -0.39 is 11.0 Å². The molecule has 0 radical (unpaired) electrons. The van der Waals surface area contributed by atoms with E-state index in [-0.39, 0.29) is 17.5 Å². The van der Waals surface area contributed by atoms with Crippen LogP contribution < -0.4 is 5.32 Å². The lowest BCUT2D eigenvalue weighted by Gasteiger charge is -2.30. The molecule has 7 nitrogen and oxygen atoms in total. The van der Waals surface area contributed by atoms with Gasteiger partial charge in [-0.1, -0.05) is 44.7 Å². The van der Waals surface area contributed by atoms with E-state index in [2.05, 4.69) is 12.2 Å². The first kappa shape index (κ1) is 21.9. The van der Waals surface area contributed by atoms with E-state index in [4.69, 9.17) is 0 Å². The number of nitrogens with one attached hydrogen (secondary N) is 1. The molecule has 0 saturated carbocycles. The molecular weight excluding hydrogens is 358 g/mol. The monoisotopic (exact) mass is 389 g/mol. The highest BCUT2D eigenvalue weighted by atomic mass is 16.6. The third-order valence-corrected chi connectivity index (χ3v) is 5.20. The SMILES string of the molecule is CCCCCCCC(=O)N(Cc1ccc([N+](=O)[O-])cc1)C1CCCCNC1=O. The number of hydrogen-bond acceptors (Lipinski definition) is 4. The van der Waals surface area contributed by atoms with Gasteiger partial charge in [0.05, 0.1) is 4.92 Å². The summed E-state index contributed by atoms with van der Waals surface area (Å²) in [7, 11) is 0. The van der Waals surface area contributed by atoms with Crippen molar-refractivity contribution in [3.63, 3.8) is 0 Å². The minimum atomic E-state index is -0.471. The molecule has 0 spiro atoms. The Kier molecular flexibility index (Phi) is 8.91. The number of hydrogen-bond donors (Lipinski definition) is 1. The van der Waals surface area contributed by atoms with E-state index in [0.29, 0.717) is 25.9 Å². The second-order valence-electron chi connectivity index (χ2n) is 7.41. The summed E-state index contributed by atoms with van der Waals surface area (Å²) in [6, 6.07) is 5.73. The third-order valence-electron chi connectivity index (χ3n) is 5.20. The predicted octanol–water partition coefficient (Wildman–Crippen LogP) is 3.95. The molecule has 1 aromatic carbocycles. The van der Waals surface area contributed by atoms with Crippen molar-refractivity contribution in [3.8, 4) is 0 Å². The van der Waals surface area contributed by atoms with Crippen LogP contribution >= 0.6 is 0 Å². The lowest BCUT2D eigenvalue weighted by Crippen LogP contribution is -2.48. The third kappa shape index (κ3) is 6.62. The Morgan fingerprint density at radius 1 is 1.18 bits per heavy atom. The van der Waals surface area contributed by atoms with Gasteiger partial charge in [0.15, 0.2) is 0 Å². The van der Waals surface area contributed by atoms with Crippen LogP contribution in [-0.4, -0.2) is 34.2 Å². The van der Waals surface area contributed by atoms with E-state index in [0.717, 1.165) is 44.1 Å². The molecule has 1 atom stereocenters. The van der Waals surface area contributed by atoms with Crippen LogP contribution in [0.25, 0.3) is 0 Å². The first-order valence-electron chi connectivity index (χ1n) is 10.3. The van der Waals surface area contributed by atoms with Gasteiger partial charge in [-0.2, -0.15) is 0 Å². The molecule has 1 aliphatic heterocycles. The van der Waals surface area contributed by atoms with Gasteiger partial charge in [-0.3, -0.25) is 19.7 Å². The van der Waals surface area contributed by atoms with Gasteiger partial charge in [0, 0.05) is 31.6 Å². The molecular formula is C21H31N3O4. The minimum absolute atomic E-state index is 0.0168. The first-order chi connectivity index (χ1) is 13.5. The van der Waals surface area contributed by atoms with Crippen LogP contribution in [0.1, 0.15) is 70.3 Å². The van der Waals surface area contributed by atoms with Crippen LogP contribution in [0.2, 0.25) is 0 Å². The van der Waals surface area contributed by atoms with Gasteiger partial charge in [-0.25, -0.2) is 0 Å². The fraction of sp³-hybridized carbons (Fsp3) is 0.619. The van der Waals surface area contributed by atoms with E-state index in [1.807, 2.05) is 0 Å². The van der Waals surface area contributed by atoms with Crippen LogP contribution in [-0.2, 0) is 16.1 Å². The minimum Gasteiger partial charge on any atom is -0.354 e. The molecule has 2 amide bonds. The number of non-ortho nitro benzene ring substituents is 1. The normalized spacial score (nSPS) is 16.9. The van der Waals surface area contributed by atoms with E-state index >= 15 is 0 Å². The largest absolute Gasteiger partial charge is 0.354 e. The number of unbranched alkanes of at least 4 members (excludes halogenated alkanes) is 4. The summed E-state index contributed by atoms with van der Waals surface area (Å²) < 4.78 is 0. The van der Waals surface area contributed by atoms with Gasteiger partial charge < -0.3 is 10.2 Å². The molecule has 1 fully saturated rings. The number of nitrogens with zero attached hydrogens (tertiary/aromatic N) is 2. The summed E-state index contributed by atoms with van der Waals surface area (Å²) in [5, 5.41) is 13.8. The predicted molar refractivity (Wildman–Crippen MR) is 108 cm³/mol. The highest BCUT2D eigenvalue weighted by molar-refractivity contribution is 5.87. The summed E-state index contributed by atoms with van der Waals surface area (Å²) in [6.07, 6.45) is 8.18. The van der Waals surface area contributed by atoms with Gasteiger partial charge >= 0.3 is 0 Å². The van der Waals surface area contributed by atoms with Gasteiger partial charge in [0.1, 0.15) is 6.04 Å². The number of carbonyl (C=O) groups excluding carboxylic acids is 2.